The fourth-order valence-electron chi connectivity index (χ4n) is 1.31. The lowest BCUT2D eigenvalue weighted by molar-refractivity contribution is 0.820. The molecule has 0 saturated carbocycles. The van der Waals surface area contributed by atoms with E-state index in [1.54, 1.807) is 11.8 Å². The van der Waals surface area contributed by atoms with Gasteiger partial charge >= 0.3 is 0 Å². The third kappa shape index (κ3) is 3.21. The zero-order valence-electron chi connectivity index (χ0n) is 10.2. The number of rotatable bonds is 4. The summed E-state index contributed by atoms with van der Waals surface area (Å²) in [6.45, 7) is 8.12. The van der Waals surface area contributed by atoms with Crippen LogP contribution in [0, 0.1) is 32.1 Å². The van der Waals surface area contributed by atoms with Crippen molar-refractivity contribution in [2.24, 2.45) is 0 Å². The average molecular weight is 235 g/mol. The summed E-state index contributed by atoms with van der Waals surface area (Å²) < 4.78 is 0. The van der Waals surface area contributed by atoms with E-state index >= 15 is 0 Å². The summed E-state index contributed by atoms with van der Waals surface area (Å²) in [5.41, 5.74) is 3.21. The number of nitriles is 1. The molecule has 0 aromatic carbocycles. The summed E-state index contributed by atoms with van der Waals surface area (Å²) in [7, 11) is 0. The minimum atomic E-state index is 0.298. The molecule has 0 bridgehead atoms. The summed E-state index contributed by atoms with van der Waals surface area (Å²) in [5.74, 6) is 0. The highest BCUT2D eigenvalue weighted by Crippen LogP contribution is 2.25. The third-order valence-electron chi connectivity index (χ3n) is 2.66. The van der Waals surface area contributed by atoms with Crippen LogP contribution in [0.5, 0.6) is 0 Å². The Hall–Kier alpha value is -1.08. The molecule has 3 nitrogen and oxygen atoms in total. The summed E-state index contributed by atoms with van der Waals surface area (Å²) in [5, 5.41) is 9.79. The van der Waals surface area contributed by atoms with Crippen molar-refractivity contribution < 1.29 is 0 Å². The zero-order valence-corrected chi connectivity index (χ0v) is 11.1. The molecular weight excluding hydrogens is 218 g/mol. The standard InChI is InChI=1S/C12H17N3S/c1-5-11(6-7-13)16-12-14-9(3)8(2)10(4)15-12/h11H,5-6H2,1-4H3. The molecule has 0 saturated heterocycles. The maximum atomic E-state index is 8.69. The van der Waals surface area contributed by atoms with Gasteiger partial charge in [-0.3, -0.25) is 0 Å². The highest BCUT2D eigenvalue weighted by Gasteiger charge is 2.11. The molecule has 0 aliphatic heterocycles. The van der Waals surface area contributed by atoms with Crippen LogP contribution in [0.25, 0.3) is 0 Å². The number of aromatic nitrogens is 2. The Labute approximate surface area is 101 Å². The predicted octanol–water partition coefficient (Wildman–Crippen LogP) is 3.19. The molecule has 1 unspecified atom stereocenters. The number of hydrogen-bond donors (Lipinski definition) is 0. The van der Waals surface area contributed by atoms with Crippen LogP contribution in [0.1, 0.15) is 36.7 Å². The fraction of sp³-hybridized carbons (Fsp3) is 0.583. The Morgan fingerprint density at radius 1 is 1.25 bits per heavy atom. The molecule has 1 heterocycles. The van der Waals surface area contributed by atoms with E-state index in [-0.39, 0.29) is 0 Å². The van der Waals surface area contributed by atoms with Crippen molar-refractivity contribution in [3.05, 3.63) is 17.0 Å². The molecule has 0 spiro atoms. The summed E-state index contributed by atoms with van der Waals surface area (Å²) in [6.07, 6.45) is 1.52. The molecule has 16 heavy (non-hydrogen) atoms. The summed E-state index contributed by atoms with van der Waals surface area (Å²) in [6, 6.07) is 2.20. The smallest absolute Gasteiger partial charge is 0.188 e. The van der Waals surface area contributed by atoms with Gasteiger partial charge in [0.25, 0.3) is 0 Å². The highest BCUT2D eigenvalue weighted by molar-refractivity contribution is 7.99. The molecule has 1 aromatic rings. The van der Waals surface area contributed by atoms with Crippen molar-refractivity contribution in [3.63, 3.8) is 0 Å². The van der Waals surface area contributed by atoms with Crippen molar-refractivity contribution in [2.75, 3.05) is 0 Å². The van der Waals surface area contributed by atoms with Crippen molar-refractivity contribution in [1.29, 1.82) is 5.26 Å². The van der Waals surface area contributed by atoms with Gasteiger partial charge in [-0.25, -0.2) is 9.97 Å². The predicted molar refractivity (Wildman–Crippen MR) is 66.4 cm³/mol. The van der Waals surface area contributed by atoms with E-state index in [1.165, 1.54) is 0 Å². The maximum Gasteiger partial charge on any atom is 0.188 e. The lowest BCUT2D eigenvalue weighted by atomic mass is 10.2. The second-order valence-corrected chi connectivity index (χ2v) is 5.08. The van der Waals surface area contributed by atoms with E-state index < -0.39 is 0 Å². The third-order valence-corrected chi connectivity index (χ3v) is 3.89. The lowest BCUT2D eigenvalue weighted by Gasteiger charge is -2.11. The Kier molecular flexibility index (Phi) is 4.75. The minimum Gasteiger partial charge on any atom is -0.228 e. The van der Waals surface area contributed by atoms with Gasteiger partial charge in [-0.2, -0.15) is 5.26 Å². The van der Waals surface area contributed by atoms with Crippen LogP contribution >= 0.6 is 11.8 Å². The van der Waals surface area contributed by atoms with E-state index in [2.05, 4.69) is 23.0 Å². The summed E-state index contributed by atoms with van der Waals surface area (Å²) in [4.78, 5) is 8.89. The van der Waals surface area contributed by atoms with Crippen LogP contribution in [0.3, 0.4) is 0 Å². The van der Waals surface area contributed by atoms with Crippen molar-refractivity contribution in [3.8, 4) is 6.07 Å². The monoisotopic (exact) mass is 235 g/mol. The average Bonchev–Trinajstić information content (AvgIpc) is 2.25. The SMILES string of the molecule is CCC(CC#N)Sc1nc(C)c(C)c(C)n1. The molecule has 86 valence electrons. The molecule has 0 aliphatic rings. The number of thioether (sulfide) groups is 1. The van der Waals surface area contributed by atoms with E-state index in [4.69, 9.17) is 5.26 Å². The van der Waals surface area contributed by atoms with E-state index in [9.17, 15) is 0 Å². The molecule has 1 atom stereocenters. The first kappa shape index (κ1) is 13.0. The van der Waals surface area contributed by atoms with Gasteiger partial charge in [0.1, 0.15) is 0 Å². The maximum absolute atomic E-state index is 8.69. The van der Waals surface area contributed by atoms with E-state index in [0.717, 1.165) is 28.5 Å². The first-order valence-electron chi connectivity index (χ1n) is 5.44. The molecule has 0 N–H and O–H groups in total. The molecular formula is C12H17N3S. The van der Waals surface area contributed by atoms with Crippen LogP contribution in [-0.4, -0.2) is 15.2 Å². The van der Waals surface area contributed by atoms with Crippen molar-refractivity contribution in [1.82, 2.24) is 9.97 Å². The quantitative estimate of drug-likeness (QED) is 0.594. The van der Waals surface area contributed by atoms with Crippen LogP contribution in [0.4, 0.5) is 0 Å². The van der Waals surface area contributed by atoms with Gasteiger partial charge in [0.05, 0.1) is 6.07 Å². The molecule has 1 aromatic heterocycles. The van der Waals surface area contributed by atoms with Crippen LogP contribution in [0.15, 0.2) is 5.16 Å². The van der Waals surface area contributed by atoms with Gasteiger partial charge in [0, 0.05) is 23.1 Å². The summed E-state index contributed by atoms with van der Waals surface area (Å²) >= 11 is 1.61. The second-order valence-electron chi connectivity index (χ2n) is 3.81. The first-order chi connectivity index (χ1) is 7.58. The largest absolute Gasteiger partial charge is 0.228 e. The number of hydrogen-bond acceptors (Lipinski definition) is 4. The van der Waals surface area contributed by atoms with Gasteiger partial charge in [0.2, 0.25) is 0 Å². The van der Waals surface area contributed by atoms with Crippen LogP contribution in [0.2, 0.25) is 0 Å². The Morgan fingerprint density at radius 2 is 1.81 bits per heavy atom. The van der Waals surface area contributed by atoms with Gasteiger partial charge in [-0.1, -0.05) is 18.7 Å². The van der Waals surface area contributed by atoms with Gasteiger partial charge < -0.3 is 0 Å². The lowest BCUT2D eigenvalue weighted by Crippen LogP contribution is -2.04. The van der Waals surface area contributed by atoms with Crippen molar-refractivity contribution >= 4 is 11.8 Å². The Balaban J connectivity index is 2.85. The molecule has 1 rings (SSSR count). The minimum absolute atomic E-state index is 0.298. The fourth-order valence-corrected chi connectivity index (χ4v) is 2.32. The topological polar surface area (TPSA) is 49.6 Å². The zero-order chi connectivity index (χ0) is 12.1. The Morgan fingerprint density at radius 3 is 2.25 bits per heavy atom. The normalized spacial score (nSPS) is 12.2. The highest BCUT2D eigenvalue weighted by atomic mass is 32.2. The second kappa shape index (κ2) is 5.86. The molecule has 0 amide bonds. The Bertz CT molecular complexity index is 386. The number of aryl methyl sites for hydroxylation is 2. The molecule has 0 aliphatic carbocycles. The van der Waals surface area contributed by atoms with Gasteiger partial charge in [-0.15, -0.1) is 0 Å². The van der Waals surface area contributed by atoms with E-state index in [0.29, 0.717) is 11.7 Å². The van der Waals surface area contributed by atoms with Gasteiger partial charge in [0.15, 0.2) is 5.16 Å². The van der Waals surface area contributed by atoms with Crippen LogP contribution < -0.4 is 0 Å². The molecule has 0 fully saturated rings. The van der Waals surface area contributed by atoms with Crippen molar-refractivity contribution in [2.45, 2.75) is 50.9 Å². The number of nitrogens with zero attached hydrogens (tertiary/aromatic N) is 3. The molecule has 4 heteroatoms. The van der Waals surface area contributed by atoms with Crippen LogP contribution in [-0.2, 0) is 0 Å². The first-order valence-corrected chi connectivity index (χ1v) is 6.31. The van der Waals surface area contributed by atoms with Gasteiger partial charge in [-0.05, 0) is 32.8 Å². The van der Waals surface area contributed by atoms with E-state index in [1.807, 2.05) is 20.8 Å². The molecule has 0 radical (unpaired) electrons.